The first-order valence-electron chi connectivity index (χ1n) is 9.01. The SMILES string of the molecule is O=C1C[C@@]2(CCN(C(=O)c3cn4c(n3)CNCC4)C2)Oc2ccccc21. The predicted octanol–water partition coefficient (Wildman–Crippen LogP) is 1.24. The molecule has 26 heavy (non-hydrogen) atoms. The standard InChI is InChI=1S/C19H20N4O3/c24-15-9-19(26-16-4-2-1-3-13(15)16)5-7-23(12-19)18(25)14-11-22-8-6-20-10-17(22)21-14/h1-4,11,20H,5-10,12H2/t19-/m1/s1. The van der Waals surface area contributed by atoms with Crippen LogP contribution in [0.15, 0.2) is 30.5 Å². The smallest absolute Gasteiger partial charge is 0.274 e. The van der Waals surface area contributed by atoms with Gasteiger partial charge in [0.05, 0.1) is 25.1 Å². The van der Waals surface area contributed by atoms with Gasteiger partial charge in [0, 0.05) is 32.3 Å². The number of aromatic nitrogens is 2. The zero-order valence-corrected chi connectivity index (χ0v) is 14.4. The molecular weight excluding hydrogens is 332 g/mol. The average Bonchev–Trinajstić information content (AvgIpc) is 3.25. The fourth-order valence-corrected chi connectivity index (χ4v) is 4.14. The largest absolute Gasteiger partial charge is 0.484 e. The minimum absolute atomic E-state index is 0.0846. The van der Waals surface area contributed by atoms with Crippen LogP contribution in [-0.2, 0) is 13.1 Å². The Labute approximate surface area is 151 Å². The molecule has 134 valence electrons. The highest BCUT2D eigenvalue weighted by Gasteiger charge is 2.47. The summed E-state index contributed by atoms with van der Waals surface area (Å²) in [6.07, 6.45) is 2.82. The molecule has 3 aliphatic heterocycles. The molecule has 0 aliphatic carbocycles. The number of carbonyl (C=O) groups is 2. The first-order chi connectivity index (χ1) is 12.6. The summed E-state index contributed by atoms with van der Waals surface area (Å²) in [4.78, 5) is 31.7. The van der Waals surface area contributed by atoms with Gasteiger partial charge in [-0.3, -0.25) is 9.59 Å². The maximum atomic E-state index is 12.9. The number of benzene rings is 1. The lowest BCUT2D eigenvalue weighted by Gasteiger charge is -2.34. The number of para-hydroxylation sites is 1. The molecule has 1 amide bonds. The molecule has 1 N–H and O–H groups in total. The molecule has 0 bridgehead atoms. The Kier molecular flexibility index (Phi) is 3.40. The third-order valence-electron chi connectivity index (χ3n) is 5.49. The molecule has 0 saturated carbocycles. The van der Waals surface area contributed by atoms with E-state index in [2.05, 4.69) is 10.3 Å². The topological polar surface area (TPSA) is 76.5 Å². The van der Waals surface area contributed by atoms with Crippen molar-refractivity contribution in [1.82, 2.24) is 19.8 Å². The van der Waals surface area contributed by atoms with Crippen LogP contribution in [0.25, 0.3) is 0 Å². The molecule has 1 fully saturated rings. The van der Waals surface area contributed by atoms with Crippen LogP contribution in [0, 0.1) is 0 Å². The maximum absolute atomic E-state index is 12.9. The summed E-state index contributed by atoms with van der Waals surface area (Å²) in [7, 11) is 0. The lowest BCUT2D eigenvalue weighted by molar-refractivity contribution is 0.0427. The number of likely N-dealkylation sites (tertiary alicyclic amines) is 1. The van der Waals surface area contributed by atoms with Gasteiger partial charge in [-0.2, -0.15) is 0 Å². The molecule has 1 atom stereocenters. The molecule has 1 saturated heterocycles. The lowest BCUT2D eigenvalue weighted by atomic mass is 9.89. The number of carbonyl (C=O) groups excluding carboxylic acids is 2. The molecule has 1 spiro atoms. The zero-order valence-electron chi connectivity index (χ0n) is 14.4. The van der Waals surface area contributed by atoms with Crippen molar-refractivity contribution in [3.63, 3.8) is 0 Å². The Morgan fingerprint density at radius 1 is 1.27 bits per heavy atom. The Morgan fingerprint density at radius 2 is 2.15 bits per heavy atom. The molecular formula is C19H20N4O3. The summed E-state index contributed by atoms with van der Waals surface area (Å²) in [5.74, 6) is 1.52. The summed E-state index contributed by atoms with van der Waals surface area (Å²) in [6.45, 7) is 3.40. The Morgan fingerprint density at radius 3 is 3.04 bits per heavy atom. The van der Waals surface area contributed by atoms with Crippen molar-refractivity contribution in [2.45, 2.75) is 31.5 Å². The van der Waals surface area contributed by atoms with Gasteiger partial charge < -0.3 is 19.5 Å². The second-order valence-electron chi connectivity index (χ2n) is 7.27. The number of ether oxygens (including phenoxy) is 1. The molecule has 7 heteroatoms. The first kappa shape index (κ1) is 15.6. The minimum atomic E-state index is -0.609. The fraction of sp³-hybridized carbons (Fsp3) is 0.421. The highest BCUT2D eigenvalue weighted by molar-refractivity contribution is 6.00. The number of ketones is 1. The molecule has 1 aromatic heterocycles. The number of nitrogens with zero attached hydrogens (tertiary/aromatic N) is 3. The fourth-order valence-electron chi connectivity index (χ4n) is 4.14. The third kappa shape index (κ3) is 2.42. The van der Waals surface area contributed by atoms with E-state index < -0.39 is 5.60 Å². The van der Waals surface area contributed by atoms with Crippen molar-refractivity contribution in [3.8, 4) is 5.75 Å². The van der Waals surface area contributed by atoms with E-state index in [0.717, 1.165) is 18.9 Å². The zero-order chi connectivity index (χ0) is 17.7. The second kappa shape index (κ2) is 5.67. The van der Waals surface area contributed by atoms with Gasteiger partial charge in [0.1, 0.15) is 22.9 Å². The van der Waals surface area contributed by atoms with E-state index in [0.29, 0.717) is 49.5 Å². The number of hydrogen-bond donors (Lipinski definition) is 1. The van der Waals surface area contributed by atoms with Crippen molar-refractivity contribution in [1.29, 1.82) is 0 Å². The van der Waals surface area contributed by atoms with Gasteiger partial charge in [-0.05, 0) is 12.1 Å². The number of amides is 1. The maximum Gasteiger partial charge on any atom is 0.274 e. The summed E-state index contributed by atoms with van der Waals surface area (Å²) in [6, 6.07) is 7.34. The Bertz CT molecular complexity index is 882. The average molecular weight is 352 g/mol. The molecule has 3 aliphatic rings. The molecule has 1 aromatic carbocycles. The molecule has 0 radical (unpaired) electrons. The van der Waals surface area contributed by atoms with Gasteiger partial charge in [0.2, 0.25) is 0 Å². The minimum Gasteiger partial charge on any atom is -0.484 e. The molecule has 2 aromatic rings. The first-order valence-corrected chi connectivity index (χ1v) is 9.01. The van der Waals surface area contributed by atoms with E-state index in [-0.39, 0.29) is 11.7 Å². The highest BCUT2D eigenvalue weighted by atomic mass is 16.5. The molecule has 7 nitrogen and oxygen atoms in total. The van der Waals surface area contributed by atoms with E-state index in [9.17, 15) is 9.59 Å². The Balaban J connectivity index is 1.37. The van der Waals surface area contributed by atoms with Crippen LogP contribution >= 0.6 is 0 Å². The van der Waals surface area contributed by atoms with Crippen LogP contribution in [0.2, 0.25) is 0 Å². The molecule has 5 rings (SSSR count). The van der Waals surface area contributed by atoms with Crippen LogP contribution in [-0.4, -0.2) is 51.4 Å². The monoisotopic (exact) mass is 352 g/mol. The van der Waals surface area contributed by atoms with E-state index in [4.69, 9.17) is 4.74 Å². The summed E-state index contributed by atoms with van der Waals surface area (Å²) < 4.78 is 8.23. The number of Topliss-reactive ketones (excluding diaryl/α,β-unsaturated/α-hetero) is 1. The summed E-state index contributed by atoms with van der Waals surface area (Å²) >= 11 is 0. The predicted molar refractivity (Wildman–Crippen MR) is 93.2 cm³/mol. The van der Waals surface area contributed by atoms with Crippen molar-refractivity contribution >= 4 is 11.7 Å². The number of nitrogens with one attached hydrogen (secondary N) is 1. The highest BCUT2D eigenvalue weighted by Crippen LogP contribution is 2.38. The number of hydrogen-bond acceptors (Lipinski definition) is 5. The van der Waals surface area contributed by atoms with Gasteiger partial charge in [0.25, 0.3) is 5.91 Å². The van der Waals surface area contributed by atoms with Gasteiger partial charge in [-0.1, -0.05) is 12.1 Å². The summed E-state index contributed by atoms with van der Waals surface area (Å²) in [5, 5.41) is 3.26. The van der Waals surface area contributed by atoms with Crippen LogP contribution in [0.5, 0.6) is 5.75 Å². The van der Waals surface area contributed by atoms with Crippen molar-refractivity contribution in [3.05, 3.63) is 47.5 Å². The van der Waals surface area contributed by atoms with Crippen molar-refractivity contribution < 1.29 is 14.3 Å². The number of rotatable bonds is 1. The van der Waals surface area contributed by atoms with Crippen LogP contribution in [0.4, 0.5) is 0 Å². The molecule has 0 unspecified atom stereocenters. The van der Waals surface area contributed by atoms with E-state index >= 15 is 0 Å². The van der Waals surface area contributed by atoms with Gasteiger partial charge >= 0.3 is 0 Å². The van der Waals surface area contributed by atoms with Crippen LogP contribution in [0.3, 0.4) is 0 Å². The number of imidazole rings is 1. The Hall–Kier alpha value is -2.67. The number of fused-ring (bicyclic) bond motifs is 2. The van der Waals surface area contributed by atoms with Crippen LogP contribution < -0.4 is 10.1 Å². The van der Waals surface area contributed by atoms with Gasteiger partial charge in [0.15, 0.2) is 5.78 Å². The van der Waals surface area contributed by atoms with Crippen molar-refractivity contribution in [2.75, 3.05) is 19.6 Å². The molecule has 4 heterocycles. The van der Waals surface area contributed by atoms with Gasteiger partial charge in [-0.25, -0.2) is 4.98 Å². The third-order valence-corrected chi connectivity index (χ3v) is 5.49. The van der Waals surface area contributed by atoms with E-state index in [1.54, 1.807) is 11.0 Å². The van der Waals surface area contributed by atoms with Crippen molar-refractivity contribution in [2.24, 2.45) is 0 Å². The van der Waals surface area contributed by atoms with E-state index in [1.165, 1.54) is 0 Å². The normalized spacial score (nSPS) is 24.3. The lowest BCUT2D eigenvalue weighted by Crippen LogP contribution is -2.45. The summed E-state index contributed by atoms with van der Waals surface area (Å²) in [5.41, 5.74) is 0.502. The second-order valence-corrected chi connectivity index (χ2v) is 7.27. The van der Waals surface area contributed by atoms with E-state index in [1.807, 2.05) is 29.0 Å². The van der Waals surface area contributed by atoms with Crippen LogP contribution in [0.1, 0.15) is 39.5 Å². The quantitative estimate of drug-likeness (QED) is 0.836. The van der Waals surface area contributed by atoms with Gasteiger partial charge in [-0.15, -0.1) is 0 Å².